The molecular formula is C39H57N7O6. The Balaban J connectivity index is 1.23. The van der Waals surface area contributed by atoms with Crippen molar-refractivity contribution in [2.24, 2.45) is 33.0 Å². The monoisotopic (exact) mass is 719 g/mol. The molecule has 8 rings (SSSR count). The van der Waals surface area contributed by atoms with Gasteiger partial charge in [0, 0.05) is 30.4 Å². The van der Waals surface area contributed by atoms with Gasteiger partial charge in [-0.25, -0.2) is 4.98 Å². The minimum atomic E-state index is -1.41. The zero-order chi connectivity index (χ0) is 37.4. The highest BCUT2D eigenvalue weighted by atomic mass is 16.3. The molecule has 0 radical (unpaired) electrons. The fraction of sp³-hybridized carbons (Fsp3) is 0.769. The van der Waals surface area contributed by atoms with Crippen LogP contribution in [0.1, 0.15) is 123 Å². The first-order chi connectivity index (χ1) is 24.5. The largest absolute Gasteiger partial charge is 0.381 e. The van der Waals surface area contributed by atoms with Crippen molar-refractivity contribution >= 4 is 29.5 Å². The number of aliphatic hydroxyl groups excluding tert-OH is 1. The third-order valence-corrected chi connectivity index (χ3v) is 14.3. The number of carbonyl (C=O) groups excluding carboxylic acids is 5. The number of nitrogens with zero attached hydrogens (tertiary/aromatic N) is 3. The van der Waals surface area contributed by atoms with Crippen LogP contribution in [0, 0.1) is 33.0 Å². The molecule has 3 saturated heterocycles. The molecule has 52 heavy (non-hydrogen) atoms. The number of amides is 5. The van der Waals surface area contributed by atoms with E-state index in [0.29, 0.717) is 25.8 Å². The maximum Gasteiger partial charge on any atom is 0.272 e. The van der Waals surface area contributed by atoms with Crippen LogP contribution >= 0.6 is 0 Å². The Labute approximate surface area is 306 Å². The van der Waals surface area contributed by atoms with Crippen LogP contribution in [0.2, 0.25) is 0 Å². The molecule has 7 fully saturated rings. The van der Waals surface area contributed by atoms with Crippen LogP contribution in [0.3, 0.4) is 0 Å². The van der Waals surface area contributed by atoms with E-state index in [1.165, 1.54) is 18.6 Å². The van der Waals surface area contributed by atoms with Gasteiger partial charge in [0.15, 0.2) is 6.10 Å². The summed E-state index contributed by atoms with van der Waals surface area (Å²) in [6.07, 6.45) is 11.6. The van der Waals surface area contributed by atoms with E-state index in [4.69, 9.17) is 0 Å². The lowest BCUT2D eigenvalue weighted by molar-refractivity contribution is -0.145. The van der Waals surface area contributed by atoms with Crippen molar-refractivity contribution in [1.29, 1.82) is 0 Å². The van der Waals surface area contributed by atoms with Gasteiger partial charge >= 0.3 is 0 Å². The molecule has 13 heteroatoms. The van der Waals surface area contributed by atoms with Gasteiger partial charge in [-0.2, -0.15) is 0 Å². The highest BCUT2D eigenvalue weighted by molar-refractivity contribution is 5.98. The molecule has 0 aromatic carbocycles. The average molecular weight is 720 g/mol. The number of aliphatic hydroxyl groups is 1. The fourth-order valence-electron chi connectivity index (χ4n) is 11.2. The number of fused-ring (bicyclic) bond motifs is 4. The summed E-state index contributed by atoms with van der Waals surface area (Å²) in [6.45, 7) is 12.6. The van der Waals surface area contributed by atoms with Crippen LogP contribution in [0.4, 0.5) is 0 Å². The molecule has 284 valence electrons. The van der Waals surface area contributed by atoms with Gasteiger partial charge in [0.05, 0.1) is 12.2 Å². The Kier molecular flexibility index (Phi) is 9.02. The lowest BCUT2D eigenvalue weighted by atomic mass is 9.49. The first-order valence-electron chi connectivity index (χ1n) is 19.4. The summed E-state index contributed by atoms with van der Waals surface area (Å²) in [4.78, 5) is 80.1. The lowest BCUT2D eigenvalue weighted by Gasteiger charge is -2.56. The van der Waals surface area contributed by atoms with Crippen molar-refractivity contribution < 1.29 is 29.1 Å². The third kappa shape index (κ3) is 5.89. The zero-order valence-electron chi connectivity index (χ0n) is 31.6. The highest BCUT2D eigenvalue weighted by Crippen LogP contribution is 2.92. The summed E-state index contributed by atoms with van der Waals surface area (Å²) < 4.78 is 0. The smallest absolute Gasteiger partial charge is 0.272 e. The summed E-state index contributed by atoms with van der Waals surface area (Å²) in [5, 5.41) is 23.0. The number of aromatic nitrogens is 2. The van der Waals surface area contributed by atoms with Crippen LogP contribution < -0.4 is 21.3 Å². The van der Waals surface area contributed by atoms with E-state index in [9.17, 15) is 29.1 Å². The molecule has 3 spiro atoms. The molecular weight excluding hydrogens is 662 g/mol. The van der Waals surface area contributed by atoms with Gasteiger partial charge in [-0.1, -0.05) is 54.4 Å². The molecule has 3 aliphatic heterocycles. The SMILES string of the molecule is CCCC(NC(=O)[C@@H]1C[C@]23CN1C(=O)[C@H](C(C)(C)C)NC(=O)[C@@H](NC(=O)c1cnccn1)C1CCCC4(C1)CC2(C4)C3(C)C)C(O)C(=O)NC1CC1. The van der Waals surface area contributed by atoms with E-state index in [1.807, 2.05) is 27.7 Å². The Morgan fingerprint density at radius 2 is 1.79 bits per heavy atom. The minimum Gasteiger partial charge on any atom is -0.381 e. The molecule has 5 amide bonds. The van der Waals surface area contributed by atoms with Crippen molar-refractivity contribution in [2.45, 2.75) is 148 Å². The van der Waals surface area contributed by atoms with Crippen molar-refractivity contribution in [2.75, 3.05) is 6.54 Å². The first-order valence-corrected chi connectivity index (χ1v) is 19.4. The zero-order valence-corrected chi connectivity index (χ0v) is 31.6. The Bertz CT molecular complexity index is 1620. The summed E-state index contributed by atoms with van der Waals surface area (Å²) in [7, 11) is 0. The molecule has 5 bridgehead atoms. The molecule has 4 heterocycles. The fourth-order valence-corrected chi connectivity index (χ4v) is 11.2. The maximum absolute atomic E-state index is 15.0. The van der Waals surface area contributed by atoms with Crippen molar-refractivity contribution in [1.82, 2.24) is 36.1 Å². The summed E-state index contributed by atoms with van der Waals surface area (Å²) in [6, 6.07) is -3.45. The van der Waals surface area contributed by atoms with Gasteiger partial charge in [-0.3, -0.25) is 29.0 Å². The molecule has 3 unspecified atom stereocenters. The molecule has 1 aromatic rings. The van der Waals surface area contributed by atoms with Gasteiger partial charge in [-0.15, -0.1) is 0 Å². The topological polar surface area (TPSA) is 183 Å². The molecule has 1 aromatic heterocycles. The number of carbonyl (C=O) groups is 5. The molecule has 4 aliphatic carbocycles. The molecule has 4 saturated carbocycles. The van der Waals surface area contributed by atoms with Crippen molar-refractivity contribution in [3.05, 3.63) is 24.3 Å². The Morgan fingerprint density at radius 3 is 2.42 bits per heavy atom. The average Bonchev–Trinajstić information content (AvgIpc) is 3.90. The number of hydrogen-bond acceptors (Lipinski definition) is 8. The summed E-state index contributed by atoms with van der Waals surface area (Å²) in [5.41, 5.74) is -1.11. The predicted octanol–water partition coefficient (Wildman–Crippen LogP) is 2.63. The molecule has 7 atom stereocenters. The minimum absolute atomic E-state index is 0.0113. The Hall–Kier alpha value is -3.61. The first kappa shape index (κ1) is 36.7. The van der Waals surface area contributed by atoms with Gasteiger partial charge in [0.1, 0.15) is 23.8 Å². The van der Waals surface area contributed by atoms with E-state index < -0.39 is 53.4 Å². The van der Waals surface area contributed by atoms with Crippen molar-refractivity contribution in [3.8, 4) is 0 Å². The van der Waals surface area contributed by atoms with Gasteiger partial charge in [0.25, 0.3) is 11.8 Å². The maximum atomic E-state index is 15.0. The van der Waals surface area contributed by atoms with Crippen molar-refractivity contribution in [3.63, 3.8) is 0 Å². The van der Waals surface area contributed by atoms with Gasteiger partial charge < -0.3 is 31.3 Å². The highest BCUT2D eigenvalue weighted by Gasteiger charge is 2.88. The van der Waals surface area contributed by atoms with Gasteiger partial charge in [-0.05, 0) is 85.4 Å². The van der Waals surface area contributed by atoms with E-state index in [2.05, 4.69) is 45.1 Å². The normalized spacial score (nSPS) is 35.9. The third-order valence-electron chi connectivity index (χ3n) is 14.3. The quantitative estimate of drug-likeness (QED) is 0.258. The second-order valence-corrected chi connectivity index (χ2v) is 18.7. The van der Waals surface area contributed by atoms with Crippen LogP contribution in [0.25, 0.3) is 0 Å². The van der Waals surface area contributed by atoms with E-state index in [1.54, 1.807) is 4.90 Å². The van der Waals surface area contributed by atoms with Crippen LogP contribution in [0.5, 0.6) is 0 Å². The second kappa shape index (κ2) is 12.8. The van der Waals surface area contributed by atoms with E-state index in [0.717, 1.165) is 51.4 Å². The van der Waals surface area contributed by atoms with E-state index in [-0.39, 0.29) is 51.1 Å². The van der Waals surface area contributed by atoms with Crippen LogP contribution in [0.15, 0.2) is 18.6 Å². The van der Waals surface area contributed by atoms with Crippen LogP contribution in [-0.4, -0.2) is 92.4 Å². The number of nitrogens with one attached hydrogen (secondary N) is 4. The molecule has 7 aliphatic rings. The predicted molar refractivity (Wildman–Crippen MR) is 191 cm³/mol. The van der Waals surface area contributed by atoms with E-state index >= 15 is 0 Å². The summed E-state index contributed by atoms with van der Waals surface area (Å²) in [5.74, 6) is -2.24. The number of hydrogen-bond donors (Lipinski definition) is 5. The standard InChI is InChI=1S/C39H57N7O6/c1-7-9-24(28(47)33(51)42-23-11-12-23)43-31(49)26-17-38-21-46(26)34(52)29(35(2,3)4)45-32(50)27(44-30(48)25-18-40-14-15-41-25)22-10-8-13-37(16-22)19-39(38,20-37)36(38,5)6/h14-15,18,22-24,26-29,47H,7-13,16-17,19-21H2,1-6H3,(H,42,51)(H,43,49)(H,44,48)(H,45,50)/t22?,24?,26-,27-,28?,29+,37?,38+,39?/m0/s1. The van der Waals surface area contributed by atoms with Gasteiger partial charge in [0.2, 0.25) is 17.7 Å². The Morgan fingerprint density at radius 1 is 1.06 bits per heavy atom. The summed E-state index contributed by atoms with van der Waals surface area (Å²) >= 11 is 0. The second-order valence-electron chi connectivity index (χ2n) is 18.7. The number of rotatable bonds is 9. The van der Waals surface area contributed by atoms with Crippen LogP contribution in [-0.2, 0) is 19.2 Å². The lowest BCUT2D eigenvalue weighted by Crippen LogP contribution is -2.62. The molecule has 13 nitrogen and oxygen atoms in total. The molecule has 5 N–H and O–H groups in total.